The van der Waals surface area contributed by atoms with Crippen LogP contribution in [-0.2, 0) is 4.74 Å². The largest absolute Gasteiger partial charge is 0.394 e. The summed E-state index contributed by atoms with van der Waals surface area (Å²) in [6.45, 7) is -0.526. The maximum atomic E-state index is 9.12. The lowest BCUT2D eigenvalue weighted by Crippen LogP contribution is -2.58. The van der Waals surface area contributed by atoms with Gasteiger partial charge in [0.1, 0.15) is 24.4 Å². The van der Waals surface area contributed by atoms with Crippen LogP contribution in [0.1, 0.15) is 0 Å². The zero-order chi connectivity index (χ0) is 9.30. The average molecular weight is 180 g/mol. The maximum Gasteiger partial charge on any atom is 0.184 e. The molecule has 0 spiro atoms. The fourth-order valence-corrected chi connectivity index (χ4v) is 1.08. The minimum absolute atomic E-state index is 0.526. The second-order valence-corrected chi connectivity index (χ2v) is 2.72. The Bertz CT molecular complexity index is 146. The van der Waals surface area contributed by atoms with Gasteiger partial charge in [-0.15, -0.1) is 0 Å². The fourth-order valence-electron chi connectivity index (χ4n) is 1.08. The highest BCUT2D eigenvalue weighted by Gasteiger charge is 2.42. The molecule has 0 radical (unpaired) electrons. The zero-order valence-electron chi connectivity index (χ0n) is 6.24. The van der Waals surface area contributed by atoms with Gasteiger partial charge >= 0.3 is 0 Å². The van der Waals surface area contributed by atoms with E-state index in [0.717, 1.165) is 0 Å². The molecule has 1 aliphatic rings. The number of aliphatic hydroxyl groups excluding tert-OH is 5. The van der Waals surface area contributed by atoms with Crippen molar-refractivity contribution in [3.05, 3.63) is 0 Å². The molecule has 0 aliphatic carbocycles. The predicted molar refractivity (Wildman–Crippen MR) is 36.0 cm³/mol. The third-order valence-electron chi connectivity index (χ3n) is 1.87. The highest BCUT2D eigenvalue weighted by Crippen LogP contribution is 2.18. The van der Waals surface area contributed by atoms with Crippen LogP contribution in [0.5, 0.6) is 0 Å². The van der Waals surface area contributed by atoms with Crippen LogP contribution in [0, 0.1) is 0 Å². The molecule has 0 amide bonds. The summed E-state index contributed by atoms with van der Waals surface area (Å²) in [5.41, 5.74) is 0. The molecule has 0 bridgehead atoms. The molecule has 1 saturated heterocycles. The molecule has 5 atom stereocenters. The summed E-state index contributed by atoms with van der Waals surface area (Å²) in [6, 6.07) is 0. The summed E-state index contributed by atoms with van der Waals surface area (Å²) in [5.74, 6) is 0. The van der Waals surface area contributed by atoms with Gasteiger partial charge < -0.3 is 30.3 Å². The van der Waals surface area contributed by atoms with E-state index < -0.39 is 37.3 Å². The van der Waals surface area contributed by atoms with Crippen LogP contribution >= 0.6 is 0 Å². The van der Waals surface area contributed by atoms with Crippen LogP contribution in [0.15, 0.2) is 0 Å². The van der Waals surface area contributed by atoms with Gasteiger partial charge in [0.05, 0.1) is 6.61 Å². The third-order valence-corrected chi connectivity index (χ3v) is 1.87. The number of aliphatic hydroxyl groups is 5. The van der Waals surface area contributed by atoms with E-state index in [-0.39, 0.29) is 0 Å². The van der Waals surface area contributed by atoms with Crippen molar-refractivity contribution in [2.24, 2.45) is 0 Å². The van der Waals surface area contributed by atoms with Crippen LogP contribution in [0.3, 0.4) is 0 Å². The quantitative estimate of drug-likeness (QED) is 0.290. The topological polar surface area (TPSA) is 110 Å². The normalized spacial score (nSPS) is 49.2. The first-order valence-corrected chi connectivity index (χ1v) is 3.56. The third kappa shape index (κ3) is 1.58. The van der Waals surface area contributed by atoms with E-state index in [9.17, 15) is 0 Å². The van der Waals surface area contributed by atoms with Crippen LogP contribution in [0.4, 0.5) is 0 Å². The van der Waals surface area contributed by atoms with Gasteiger partial charge in [-0.05, 0) is 0 Å². The summed E-state index contributed by atoms with van der Waals surface area (Å²) >= 11 is 0. The van der Waals surface area contributed by atoms with Crippen molar-refractivity contribution in [3.8, 4) is 0 Å². The summed E-state index contributed by atoms with van der Waals surface area (Å²) in [6.07, 6.45) is -7.04. The van der Waals surface area contributed by atoms with Gasteiger partial charge in [0.25, 0.3) is 0 Å². The van der Waals surface area contributed by atoms with Crippen molar-refractivity contribution < 1.29 is 30.3 Å². The summed E-state index contributed by atoms with van der Waals surface area (Å²) < 4.78 is 4.58. The highest BCUT2D eigenvalue weighted by atomic mass is 16.6. The Hall–Kier alpha value is -0.240. The fraction of sp³-hybridized carbons (Fsp3) is 1.00. The van der Waals surface area contributed by atoms with Gasteiger partial charge in [-0.25, -0.2) is 0 Å². The molecule has 1 heterocycles. The monoisotopic (exact) mass is 180 g/mol. The van der Waals surface area contributed by atoms with Crippen molar-refractivity contribution >= 4 is 0 Å². The molecule has 12 heavy (non-hydrogen) atoms. The Morgan fingerprint density at radius 3 is 2.00 bits per heavy atom. The zero-order valence-corrected chi connectivity index (χ0v) is 6.24. The van der Waals surface area contributed by atoms with E-state index in [4.69, 9.17) is 25.5 Å². The molecule has 1 aliphatic heterocycles. The Balaban J connectivity index is 2.63. The van der Waals surface area contributed by atoms with E-state index in [1.165, 1.54) is 0 Å². The molecule has 0 aromatic heterocycles. The van der Waals surface area contributed by atoms with Crippen molar-refractivity contribution in [1.29, 1.82) is 0 Å². The van der Waals surface area contributed by atoms with Crippen LogP contribution < -0.4 is 0 Å². The molecule has 0 aromatic rings. The molecule has 1 fully saturated rings. The highest BCUT2D eigenvalue weighted by molar-refractivity contribution is 4.87. The molecule has 72 valence electrons. The molecule has 0 saturated carbocycles. The molecular formula is C6H12O6. The van der Waals surface area contributed by atoms with Crippen LogP contribution in [0.2, 0.25) is 0 Å². The minimum atomic E-state index is -1.57. The first-order valence-electron chi connectivity index (χ1n) is 3.56. The first kappa shape index (κ1) is 9.85. The Labute approximate surface area is 68.6 Å². The molecule has 0 aromatic carbocycles. The number of hydrogen-bond donors (Lipinski definition) is 5. The number of rotatable bonds is 1. The van der Waals surface area contributed by atoms with Gasteiger partial charge in [-0.1, -0.05) is 0 Å². The van der Waals surface area contributed by atoms with E-state index >= 15 is 0 Å². The lowest BCUT2D eigenvalue weighted by atomic mass is 10.00. The molecule has 5 N–H and O–H groups in total. The average Bonchev–Trinajstić information content (AvgIpc) is 2.08. The lowest BCUT2D eigenvalue weighted by Gasteiger charge is -2.37. The van der Waals surface area contributed by atoms with Crippen molar-refractivity contribution in [2.75, 3.05) is 6.61 Å². The summed E-state index contributed by atoms with van der Waals surface area (Å²) in [7, 11) is 0. The second kappa shape index (κ2) is 3.65. The maximum absolute atomic E-state index is 9.12. The minimum Gasteiger partial charge on any atom is -0.394 e. The molecule has 4 unspecified atom stereocenters. The Morgan fingerprint density at radius 1 is 0.917 bits per heavy atom. The summed E-state index contributed by atoms with van der Waals surface area (Å²) in [4.78, 5) is 0. The van der Waals surface area contributed by atoms with Crippen molar-refractivity contribution in [1.82, 2.24) is 0 Å². The van der Waals surface area contributed by atoms with Crippen LogP contribution in [-0.4, -0.2) is 62.8 Å². The van der Waals surface area contributed by atoms with E-state index in [2.05, 4.69) is 4.74 Å². The van der Waals surface area contributed by atoms with Gasteiger partial charge in [0.15, 0.2) is 6.29 Å². The number of ether oxygens (including phenoxy) is 1. The smallest absolute Gasteiger partial charge is 0.184 e. The van der Waals surface area contributed by atoms with Crippen LogP contribution in [0.25, 0.3) is 0 Å². The Kier molecular flexibility index (Phi) is 2.99. The molecular weight excluding hydrogens is 168 g/mol. The predicted octanol–water partition coefficient (Wildman–Crippen LogP) is -3.22. The van der Waals surface area contributed by atoms with E-state index in [1.807, 2.05) is 0 Å². The standard InChI is InChI=1S/C6H12O6/c7-1-2-3(8)4(9)5(10)6(11)12-2/h2-11H,1H2/t2-,3?,4?,5?,6?/m0/s1. The molecule has 6 heteroatoms. The number of hydrogen-bond acceptors (Lipinski definition) is 6. The van der Waals surface area contributed by atoms with E-state index in [0.29, 0.717) is 0 Å². The van der Waals surface area contributed by atoms with Gasteiger partial charge in [-0.2, -0.15) is 0 Å². The molecule has 6 nitrogen and oxygen atoms in total. The SMILES string of the molecule is OC[C@@H]1OC(O)C(O)C(O)C1O. The van der Waals surface area contributed by atoms with Crippen molar-refractivity contribution in [2.45, 2.75) is 30.7 Å². The second-order valence-electron chi connectivity index (χ2n) is 2.72. The first-order chi connectivity index (χ1) is 5.57. The van der Waals surface area contributed by atoms with Gasteiger partial charge in [-0.3, -0.25) is 0 Å². The van der Waals surface area contributed by atoms with Crippen molar-refractivity contribution in [3.63, 3.8) is 0 Å². The van der Waals surface area contributed by atoms with Gasteiger partial charge in [0.2, 0.25) is 0 Å². The summed E-state index contributed by atoms with van der Waals surface area (Å²) in [5, 5.41) is 44.7. The van der Waals surface area contributed by atoms with E-state index in [1.54, 1.807) is 0 Å². The Morgan fingerprint density at radius 2 is 1.50 bits per heavy atom. The lowest BCUT2D eigenvalue weighted by molar-refractivity contribution is -0.286. The van der Waals surface area contributed by atoms with Gasteiger partial charge in [0, 0.05) is 0 Å². The molecule has 1 rings (SSSR count).